The van der Waals surface area contributed by atoms with Crippen LogP contribution in [-0.2, 0) is 0 Å². The standard InChI is InChI=1S/C31H47F2N3/c1-8-9-12-26(28(33)22(2)17-30(3,4)5)24-16-27(32)29(35-19-24)36-20-25(21-36)34-15-10-11-23-13-14-31(6,7)18-23/h9,12,16,19,22-23H,8,10-11,13-15,17-18,20-21H2,1-7H3/b12-9-,28-26-. The normalized spacial score (nSPS) is 21.5. The van der Waals surface area contributed by atoms with Gasteiger partial charge in [-0.3, -0.25) is 4.99 Å². The van der Waals surface area contributed by atoms with Gasteiger partial charge in [-0.2, -0.15) is 0 Å². The average molecular weight is 500 g/mol. The second-order valence-electron chi connectivity index (χ2n) is 13.0. The Hall–Kier alpha value is -2.04. The van der Waals surface area contributed by atoms with Crippen LogP contribution in [0.1, 0.15) is 99.0 Å². The smallest absolute Gasteiger partial charge is 0.166 e. The first kappa shape index (κ1) is 28.5. The van der Waals surface area contributed by atoms with Crippen LogP contribution in [0.25, 0.3) is 5.57 Å². The summed E-state index contributed by atoms with van der Waals surface area (Å²) in [6, 6.07) is 1.43. The lowest BCUT2D eigenvalue weighted by molar-refractivity contribution is 0.305. The first-order chi connectivity index (χ1) is 16.9. The van der Waals surface area contributed by atoms with Gasteiger partial charge in [-0.15, -0.1) is 0 Å². The number of pyridine rings is 1. The van der Waals surface area contributed by atoms with Crippen molar-refractivity contribution in [1.82, 2.24) is 4.98 Å². The summed E-state index contributed by atoms with van der Waals surface area (Å²) < 4.78 is 30.6. The largest absolute Gasteiger partial charge is 0.343 e. The number of hydrogen-bond acceptors (Lipinski definition) is 3. The zero-order valence-corrected chi connectivity index (χ0v) is 23.6. The summed E-state index contributed by atoms with van der Waals surface area (Å²) in [5.41, 5.74) is 2.55. The van der Waals surface area contributed by atoms with Crippen molar-refractivity contribution in [3.05, 3.63) is 41.6 Å². The molecule has 200 valence electrons. The molecule has 2 aliphatic rings. The lowest BCUT2D eigenvalue weighted by Gasteiger charge is -2.34. The van der Waals surface area contributed by atoms with Crippen molar-refractivity contribution in [3.63, 3.8) is 0 Å². The Labute approximate surface area is 218 Å². The molecule has 36 heavy (non-hydrogen) atoms. The van der Waals surface area contributed by atoms with Gasteiger partial charge in [0.15, 0.2) is 11.6 Å². The minimum atomic E-state index is -0.408. The van der Waals surface area contributed by atoms with Crippen molar-refractivity contribution >= 4 is 17.1 Å². The predicted molar refractivity (Wildman–Crippen MR) is 150 cm³/mol. The molecule has 2 heterocycles. The summed E-state index contributed by atoms with van der Waals surface area (Å²) >= 11 is 0. The molecule has 1 aliphatic carbocycles. The molecular weight excluding hydrogens is 452 g/mol. The molecule has 0 bridgehead atoms. The van der Waals surface area contributed by atoms with Crippen LogP contribution in [0.4, 0.5) is 14.6 Å². The topological polar surface area (TPSA) is 28.5 Å². The van der Waals surface area contributed by atoms with E-state index in [0.717, 1.165) is 31.0 Å². The maximum absolute atomic E-state index is 15.5. The Morgan fingerprint density at radius 1 is 1.31 bits per heavy atom. The van der Waals surface area contributed by atoms with Crippen LogP contribution in [0.5, 0.6) is 0 Å². The highest BCUT2D eigenvalue weighted by Gasteiger charge is 2.30. The molecule has 0 amide bonds. The number of hydrogen-bond donors (Lipinski definition) is 0. The molecule has 2 fully saturated rings. The minimum absolute atomic E-state index is 0.00782. The number of rotatable bonds is 10. The van der Waals surface area contributed by atoms with Crippen LogP contribution in [0.3, 0.4) is 0 Å². The molecule has 1 saturated carbocycles. The number of anilines is 1. The van der Waals surface area contributed by atoms with Gasteiger partial charge in [0.05, 0.1) is 18.8 Å². The first-order valence-electron chi connectivity index (χ1n) is 13.9. The molecule has 0 N–H and O–H groups in total. The number of allylic oxidation sites excluding steroid dienone is 4. The van der Waals surface area contributed by atoms with Crippen LogP contribution in [0.15, 0.2) is 35.2 Å². The lowest BCUT2D eigenvalue weighted by atomic mass is 9.83. The van der Waals surface area contributed by atoms with E-state index >= 15 is 8.78 Å². The molecule has 2 unspecified atom stereocenters. The lowest BCUT2D eigenvalue weighted by Crippen LogP contribution is -2.48. The molecule has 5 heteroatoms. The predicted octanol–water partition coefficient (Wildman–Crippen LogP) is 8.81. The minimum Gasteiger partial charge on any atom is -0.343 e. The Morgan fingerprint density at radius 3 is 2.61 bits per heavy atom. The zero-order chi connectivity index (χ0) is 26.5. The quantitative estimate of drug-likeness (QED) is 0.238. The monoisotopic (exact) mass is 499 g/mol. The fraction of sp³-hybridized carbons (Fsp3) is 0.677. The Bertz CT molecular complexity index is 976. The van der Waals surface area contributed by atoms with Crippen LogP contribution >= 0.6 is 0 Å². The highest BCUT2D eigenvalue weighted by Crippen LogP contribution is 2.42. The second kappa shape index (κ2) is 12.0. The molecule has 3 nitrogen and oxygen atoms in total. The molecule has 1 aromatic rings. The van der Waals surface area contributed by atoms with E-state index in [4.69, 9.17) is 4.99 Å². The summed E-state index contributed by atoms with van der Waals surface area (Å²) in [5, 5.41) is 0. The maximum atomic E-state index is 15.5. The van der Waals surface area contributed by atoms with E-state index in [9.17, 15) is 0 Å². The third-order valence-electron chi connectivity index (χ3n) is 7.48. The highest BCUT2D eigenvalue weighted by atomic mass is 19.1. The molecule has 3 rings (SSSR count). The Morgan fingerprint density at radius 2 is 2.03 bits per heavy atom. The number of nitrogens with zero attached hydrogens (tertiary/aromatic N) is 3. The number of aliphatic imine (C=N–C) groups is 1. The summed E-state index contributed by atoms with van der Waals surface area (Å²) in [5.74, 6) is 0.311. The fourth-order valence-corrected chi connectivity index (χ4v) is 5.72. The van der Waals surface area contributed by atoms with Crippen molar-refractivity contribution in [2.75, 3.05) is 24.5 Å². The zero-order valence-electron chi connectivity index (χ0n) is 23.6. The molecule has 1 aliphatic heterocycles. The Kier molecular flexibility index (Phi) is 9.51. The molecule has 0 radical (unpaired) electrons. The van der Waals surface area contributed by atoms with Gasteiger partial charge in [0.2, 0.25) is 0 Å². The average Bonchev–Trinajstić information content (AvgIpc) is 3.10. The van der Waals surface area contributed by atoms with Crippen molar-refractivity contribution in [3.8, 4) is 0 Å². The van der Waals surface area contributed by atoms with E-state index in [0.29, 0.717) is 41.9 Å². The van der Waals surface area contributed by atoms with Crippen LogP contribution < -0.4 is 4.90 Å². The number of halogens is 2. The molecule has 1 aromatic heterocycles. The summed E-state index contributed by atoms with van der Waals surface area (Å²) in [7, 11) is 0. The van der Waals surface area contributed by atoms with Gasteiger partial charge >= 0.3 is 0 Å². The fourth-order valence-electron chi connectivity index (χ4n) is 5.72. The van der Waals surface area contributed by atoms with E-state index in [2.05, 4.69) is 39.6 Å². The van der Waals surface area contributed by atoms with Crippen LogP contribution in [-0.4, -0.2) is 30.3 Å². The van der Waals surface area contributed by atoms with Crippen molar-refractivity contribution in [1.29, 1.82) is 0 Å². The van der Waals surface area contributed by atoms with E-state index < -0.39 is 5.82 Å². The molecule has 1 saturated heterocycles. The highest BCUT2D eigenvalue weighted by molar-refractivity contribution is 5.99. The van der Waals surface area contributed by atoms with Gasteiger partial charge in [-0.1, -0.05) is 60.6 Å². The second-order valence-corrected chi connectivity index (χ2v) is 13.0. The van der Waals surface area contributed by atoms with Gasteiger partial charge in [0, 0.05) is 29.8 Å². The Balaban J connectivity index is 1.60. The van der Waals surface area contributed by atoms with E-state index in [-0.39, 0.29) is 17.2 Å². The molecule has 2 atom stereocenters. The summed E-state index contributed by atoms with van der Waals surface area (Å²) in [6.07, 6.45) is 13.2. The van der Waals surface area contributed by atoms with Gasteiger partial charge in [-0.25, -0.2) is 13.8 Å². The van der Waals surface area contributed by atoms with E-state index in [1.165, 1.54) is 31.7 Å². The number of aromatic nitrogens is 1. The SMILES string of the molecule is CC/C=C\C(=C(\F)C(C)CC(C)(C)C)c1cnc(N2CC(=NCCCC3CCC(C)(C)C3)C2)c(F)c1. The van der Waals surface area contributed by atoms with Gasteiger partial charge in [0.25, 0.3) is 0 Å². The third kappa shape index (κ3) is 7.98. The maximum Gasteiger partial charge on any atom is 0.166 e. The third-order valence-corrected chi connectivity index (χ3v) is 7.48. The van der Waals surface area contributed by atoms with Gasteiger partial charge in [0.1, 0.15) is 5.83 Å². The van der Waals surface area contributed by atoms with Crippen molar-refractivity contribution in [2.24, 2.45) is 27.7 Å². The molecule has 0 spiro atoms. The van der Waals surface area contributed by atoms with Crippen LogP contribution in [0, 0.1) is 28.5 Å². The molecular formula is C31H47F2N3. The van der Waals surface area contributed by atoms with Gasteiger partial charge < -0.3 is 4.90 Å². The first-order valence-corrected chi connectivity index (χ1v) is 13.9. The van der Waals surface area contributed by atoms with E-state index in [1.54, 1.807) is 12.3 Å². The summed E-state index contributed by atoms with van der Waals surface area (Å²) in [6.45, 7) is 17.1. The molecule has 0 aromatic carbocycles. The van der Waals surface area contributed by atoms with Crippen molar-refractivity contribution in [2.45, 2.75) is 93.4 Å². The van der Waals surface area contributed by atoms with Crippen molar-refractivity contribution < 1.29 is 8.78 Å². The van der Waals surface area contributed by atoms with Gasteiger partial charge in [-0.05, 0) is 67.8 Å². The van der Waals surface area contributed by atoms with E-state index in [1.807, 2.05) is 24.8 Å². The van der Waals surface area contributed by atoms with Crippen LogP contribution in [0.2, 0.25) is 0 Å². The summed E-state index contributed by atoms with van der Waals surface area (Å²) in [4.78, 5) is 11.0.